The number of hydrogen-bond donors (Lipinski definition) is 1. The Bertz CT molecular complexity index is 1270. The Hall–Kier alpha value is -2.64. The number of imidazole rings is 1. The van der Waals surface area contributed by atoms with Gasteiger partial charge in [0.15, 0.2) is 0 Å². The first-order valence-electron chi connectivity index (χ1n) is 9.75. The molecule has 8 heteroatoms. The molecule has 1 saturated carbocycles. The predicted molar refractivity (Wildman–Crippen MR) is 119 cm³/mol. The Balaban J connectivity index is 1.40. The fraction of sp³-hybridized carbons (Fsp3) is 0.227. The van der Waals surface area contributed by atoms with E-state index in [2.05, 4.69) is 31.3 Å². The second kappa shape index (κ2) is 7.56. The third-order valence-corrected chi connectivity index (χ3v) is 6.19. The molecule has 0 aliphatic heterocycles. The summed E-state index contributed by atoms with van der Waals surface area (Å²) in [6, 6.07) is 9.72. The van der Waals surface area contributed by atoms with Gasteiger partial charge in [-0.15, -0.1) is 0 Å². The Labute approximate surface area is 187 Å². The zero-order valence-corrected chi connectivity index (χ0v) is 18.6. The smallest absolute Gasteiger partial charge is 0.255 e. The summed E-state index contributed by atoms with van der Waals surface area (Å²) < 4.78 is 4.75. The minimum absolute atomic E-state index is 0.139. The molecule has 1 amide bonds. The number of nitrogens with zero attached hydrogens (tertiary/aromatic N) is 4. The molecule has 0 bridgehead atoms. The number of carbonyl (C=O) groups excluding carboxylic acids is 1. The maximum Gasteiger partial charge on any atom is 0.255 e. The molecule has 1 aliphatic rings. The lowest BCUT2D eigenvalue weighted by atomic mass is 10.1. The number of rotatable bonds is 5. The van der Waals surface area contributed by atoms with Crippen molar-refractivity contribution in [2.75, 3.05) is 0 Å². The van der Waals surface area contributed by atoms with Crippen LogP contribution in [0.5, 0.6) is 0 Å². The van der Waals surface area contributed by atoms with E-state index in [0.29, 0.717) is 23.0 Å². The molecule has 30 heavy (non-hydrogen) atoms. The van der Waals surface area contributed by atoms with Crippen LogP contribution in [0, 0.1) is 6.92 Å². The van der Waals surface area contributed by atoms with Crippen LogP contribution in [0.4, 0.5) is 0 Å². The molecule has 6 nitrogen and oxygen atoms in total. The molecule has 0 spiro atoms. The van der Waals surface area contributed by atoms with Gasteiger partial charge in [-0.25, -0.2) is 9.67 Å². The molecule has 3 heterocycles. The summed E-state index contributed by atoms with van der Waals surface area (Å²) in [6.07, 6.45) is 7.63. The van der Waals surface area contributed by atoms with Crippen LogP contribution in [0.2, 0.25) is 5.02 Å². The van der Waals surface area contributed by atoms with Crippen molar-refractivity contribution in [1.29, 1.82) is 0 Å². The quantitative estimate of drug-likeness (QED) is 0.431. The largest absolute Gasteiger partial charge is 0.346 e. The zero-order chi connectivity index (χ0) is 20.8. The van der Waals surface area contributed by atoms with E-state index in [0.717, 1.165) is 45.6 Å². The number of aryl methyl sites for hydroxylation is 1. The highest BCUT2D eigenvalue weighted by Crippen LogP contribution is 2.42. The van der Waals surface area contributed by atoms with Gasteiger partial charge in [0.1, 0.15) is 5.65 Å². The van der Waals surface area contributed by atoms with Gasteiger partial charge in [0.05, 0.1) is 35.4 Å². The van der Waals surface area contributed by atoms with Crippen LogP contribution in [0.3, 0.4) is 0 Å². The molecule has 3 aromatic heterocycles. The number of halogens is 2. The van der Waals surface area contributed by atoms with Crippen LogP contribution in [0.1, 0.15) is 46.1 Å². The minimum atomic E-state index is -0.139. The van der Waals surface area contributed by atoms with Gasteiger partial charge >= 0.3 is 0 Å². The number of hydrogen-bond acceptors (Lipinski definition) is 3. The SMILES string of the molecule is Cc1ccc(-n2ncc(C(=O)NCc3cn4cc(Br)ccc4n3)c2C2CC2)cc1Cl. The highest BCUT2D eigenvalue weighted by Gasteiger charge is 2.33. The molecule has 1 N–H and O–H groups in total. The second-order valence-electron chi connectivity index (χ2n) is 7.59. The number of amides is 1. The third-order valence-electron chi connectivity index (χ3n) is 5.31. The standard InChI is InChI=1S/C22H19BrClN5O/c1-13-2-6-17(8-19(13)24)29-21(14-3-4-14)18(10-26-29)22(30)25-9-16-12-28-11-15(23)5-7-20(28)27-16/h2,5-8,10-12,14H,3-4,9H2,1H3,(H,25,30). The molecule has 5 rings (SSSR count). The van der Waals surface area contributed by atoms with E-state index in [1.54, 1.807) is 6.20 Å². The maximum atomic E-state index is 13.0. The van der Waals surface area contributed by atoms with Crippen molar-refractivity contribution >= 4 is 39.1 Å². The second-order valence-corrected chi connectivity index (χ2v) is 8.91. The van der Waals surface area contributed by atoms with Crippen LogP contribution in [-0.2, 0) is 6.54 Å². The molecule has 1 fully saturated rings. The average Bonchev–Trinajstić information content (AvgIpc) is 3.33. The lowest BCUT2D eigenvalue weighted by Crippen LogP contribution is -2.24. The summed E-state index contributed by atoms with van der Waals surface area (Å²) in [7, 11) is 0. The third kappa shape index (κ3) is 3.63. The number of benzene rings is 1. The fourth-order valence-corrected chi connectivity index (χ4v) is 4.10. The van der Waals surface area contributed by atoms with E-state index < -0.39 is 0 Å². The highest BCUT2D eigenvalue weighted by atomic mass is 79.9. The minimum Gasteiger partial charge on any atom is -0.346 e. The number of fused-ring (bicyclic) bond motifs is 1. The molecule has 1 aliphatic carbocycles. The Morgan fingerprint density at radius 1 is 1.27 bits per heavy atom. The van der Waals surface area contributed by atoms with Crippen LogP contribution in [0.15, 0.2) is 53.4 Å². The molecule has 0 radical (unpaired) electrons. The lowest BCUT2D eigenvalue weighted by Gasteiger charge is -2.10. The van der Waals surface area contributed by atoms with Gasteiger partial charge in [-0.3, -0.25) is 4.79 Å². The first-order chi connectivity index (χ1) is 14.5. The molecular weight excluding hydrogens is 466 g/mol. The van der Waals surface area contributed by atoms with Crippen molar-refractivity contribution < 1.29 is 4.79 Å². The molecule has 0 saturated heterocycles. The van der Waals surface area contributed by atoms with Crippen LogP contribution >= 0.6 is 27.5 Å². The first kappa shape index (κ1) is 19.3. The summed E-state index contributed by atoms with van der Waals surface area (Å²) in [5.74, 6) is 0.209. The Morgan fingerprint density at radius 3 is 2.87 bits per heavy atom. The van der Waals surface area contributed by atoms with E-state index in [9.17, 15) is 4.79 Å². The van der Waals surface area contributed by atoms with Gasteiger partial charge in [-0.2, -0.15) is 5.10 Å². The summed E-state index contributed by atoms with van der Waals surface area (Å²) in [5, 5.41) is 8.19. The molecule has 4 aromatic rings. The lowest BCUT2D eigenvalue weighted by molar-refractivity contribution is 0.0949. The van der Waals surface area contributed by atoms with Gasteiger partial charge in [-0.05, 0) is 65.5 Å². The van der Waals surface area contributed by atoms with Gasteiger partial charge in [0.25, 0.3) is 5.91 Å². The number of pyridine rings is 1. The summed E-state index contributed by atoms with van der Waals surface area (Å²) in [5.41, 5.74) is 5.08. The summed E-state index contributed by atoms with van der Waals surface area (Å²) >= 11 is 9.76. The zero-order valence-electron chi connectivity index (χ0n) is 16.3. The molecule has 1 aromatic carbocycles. The fourth-order valence-electron chi connectivity index (χ4n) is 3.57. The van der Waals surface area contributed by atoms with Crippen LogP contribution in [0.25, 0.3) is 11.3 Å². The molecular formula is C22H19BrClN5O. The van der Waals surface area contributed by atoms with Crippen molar-refractivity contribution in [3.63, 3.8) is 0 Å². The van der Waals surface area contributed by atoms with Gasteiger partial charge in [0.2, 0.25) is 0 Å². The predicted octanol–water partition coefficient (Wildman–Crippen LogP) is 5.05. The van der Waals surface area contributed by atoms with E-state index in [1.807, 2.05) is 58.7 Å². The molecule has 0 unspecified atom stereocenters. The molecule has 0 atom stereocenters. The number of nitrogens with one attached hydrogen (secondary N) is 1. The van der Waals surface area contributed by atoms with Crippen molar-refractivity contribution in [2.24, 2.45) is 0 Å². The highest BCUT2D eigenvalue weighted by molar-refractivity contribution is 9.10. The van der Waals surface area contributed by atoms with Gasteiger partial charge in [-0.1, -0.05) is 17.7 Å². The van der Waals surface area contributed by atoms with Crippen molar-refractivity contribution in [3.05, 3.63) is 80.9 Å². The van der Waals surface area contributed by atoms with E-state index in [1.165, 1.54) is 0 Å². The van der Waals surface area contributed by atoms with Gasteiger partial charge < -0.3 is 9.72 Å². The Kier molecular flexibility index (Phi) is 4.87. The van der Waals surface area contributed by atoms with Crippen LogP contribution < -0.4 is 5.32 Å². The van der Waals surface area contributed by atoms with Crippen LogP contribution in [-0.4, -0.2) is 25.1 Å². The van der Waals surface area contributed by atoms with Crippen molar-refractivity contribution in [2.45, 2.75) is 32.2 Å². The first-order valence-corrected chi connectivity index (χ1v) is 10.9. The number of carbonyl (C=O) groups is 1. The van der Waals surface area contributed by atoms with E-state index >= 15 is 0 Å². The number of aromatic nitrogens is 4. The monoisotopic (exact) mass is 483 g/mol. The summed E-state index contributed by atoms with van der Waals surface area (Å²) in [6.45, 7) is 2.32. The van der Waals surface area contributed by atoms with Gasteiger partial charge in [0, 0.05) is 27.8 Å². The van der Waals surface area contributed by atoms with E-state index in [-0.39, 0.29) is 5.91 Å². The van der Waals surface area contributed by atoms with Crippen molar-refractivity contribution in [3.8, 4) is 5.69 Å². The summed E-state index contributed by atoms with van der Waals surface area (Å²) in [4.78, 5) is 17.5. The maximum absolute atomic E-state index is 13.0. The van der Waals surface area contributed by atoms with E-state index in [4.69, 9.17) is 11.6 Å². The topological polar surface area (TPSA) is 64.2 Å². The normalized spacial score (nSPS) is 13.7. The van der Waals surface area contributed by atoms with Crippen molar-refractivity contribution in [1.82, 2.24) is 24.5 Å². The Morgan fingerprint density at radius 2 is 2.10 bits per heavy atom. The average molecular weight is 485 g/mol. The molecule has 152 valence electrons.